The second-order valence-electron chi connectivity index (χ2n) is 25.9. The van der Waals surface area contributed by atoms with Crippen LogP contribution in [0.25, 0.3) is 11.1 Å². The highest BCUT2D eigenvalue weighted by atomic mass is 32.2. The molecule has 8 heteroatoms. The Bertz CT molecular complexity index is 4820. The van der Waals surface area contributed by atoms with E-state index in [0.29, 0.717) is 0 Å². The summed E-state index contributed by atoms with van der Waals surface area (Å²) >= 11 is 1.88. The van der Waals surface area contributed by atoms with E-state index in [-0.39, 0.29) is 18.8 Å². The van der Waals surface area contributed by atoms with Gasteiger partial charge in [0.05, 0.1) is 34.1 Å². The second kappa shape index (κ2) is 21.4. The van der Waals surface area contributed by atoms with Crippen molar-refractivity contribution in [3.05, 3.63) is 288 Å². The quantitative estimate of drug-likeness (QED) is 0.133. The zero-order valence-electron chi connectivity index (χ0n) is 52.4. The molecule has 4 aliphatic heterocycles. The summed E-state index contributed by atoms with van der Waals surface area (Å²) in [7, 11) is 0. The van der Waals surface area contributed by atoms with Crippen molar-refractivity contribution in [1.29, 1.82) is 0 Å². The molecule has 0 N–H and O–H groups in total. The Morgan fingerprint density at radius 3 is 1.48 bits per heavy atom. The summed E-state index contributed by atoms with van der Waals surface area (Å²) in [6, 6.07) is 93.3. The zero-order valence-corrected chi connectivity index (χ0v) is 53.2. The summed E-state index contributed by atoms with van der Waals surface area (Å²) in [5, 5.41) is 0. The molecule has 12 aromatic rings. The van der Waals surface area contributed by atoms with Gasteiger partial charge in [-0.05, 0) is 186 Å². The molecule has 0 fully saturated rings. The molecule has 5 nitrogen and oxygen atoms in total. The van der Waals surface area contributed by atoms with Crippen LogP contribution in [-0.4, -0.2) is 13.4 Å². The number of benzene rings is 12. The zero-order chi connectivity index (χ0) is 61.3. The molecule has 0 saturated carbocycles. The van der Waals surface area contributed by atoms with Gasteiger partial charge < -0.3 is 24.3 Å². The van der Waals surface area contributed by atoms with Crippen molar-refractivity contribution in [2.45, 2.75) is 77.5 Å². The van der Waals surface area contributed by atoms with E-state index in [4.69, 9.17) is 4.74 Å². The van der Waals surface area contributed by atoms with Crippen molar-refractivity contribution >= 4 is 126 Å². The molecule has 0 spiro atoms. The SMILES string of the molecule is Cc1cccc(C)c1N(c1ccccc1)c1cc2c3c(c1)Sc1cc4c(cc1B3c1ccccc1O2)B1c2ccccc2N(c2c(C)cccc2C)c2cc(N(c3ccccc3)c3c(C)cccc3C)cc(c21)N4c1ccccc1-c1ccc(C(C)(C)C)cc1. The molecular formula is C82H68B2N4OS. The van der Waals surface area contributed by atoms with Crippen LogP contribution in [0.1, 0.15) is 59.7 Å². The summed E-state index contributed by atoms with van der Waals surface area (Å²) in [6.07, 6.45) is 0. The molecule has 4 aliphatic rings. The van der Waals surface area contributed by atoms with Gasteiger partial charge in [0.25, 0.3) is 13.4 Å². The Morgan fingerprint density at radius 2 is 0.867 bits per heavy atom. The number of rotatable bonds is 9. The fourth-order valence-corrected chi connectivity index (χ4v) is 16.3. The molecule has 0 atom stereocenters. The van der Waals surface area contributed by atoms with Gasteiger partial charge in [-0.15, -0.1) is 0 Å². The predicted octanol–water partition coefficient (Wildman–Crippen LogP) is 18.6. The Labute approximate surface area is 535 Å². The van der Waals surface area contributed by atoms with Crippen LogP contribution in [0.3, 0.4) is 0 Å². The van der Waals surface area contributed by atoms with Crippen LogP contribution in [0.2, 0.25) is 0 Å². The lowest BCUT2D eigenvalue weighted by Gasteiger charge is -2.46. The summed E-state index contributed by atoms with van der Waals surface area (Å²) in [5.41, 5.74) is 32.0. The highest BCUT2D eigenvalue weighted by Crippen LogP contribution is 2.53. The molecule has 0 radical (unpaired) electrons. The number of hydrogen-bond donors (Lipinski definition) is 0. The van der Waals surface area contributed by atoms with Gasteiger partial charge in [-0.2, -0.15) is 0 Å². The van der Waals surface area contributed by atoms with E-state index in [1.165, 1.54) is 110 Å². The third-order valence-electron chi connectivity index (χ3n) is 19.2. The fraction of sp³-hybridized carbons (Fsp3) is 0.122. The summed E-state index contributed by atoms with van der Waals surface area (Å²) in [6.45, 7) is 20.1. The van der Waals surface area contributed by atoms with Crippen LogP contribution in [0, 0.1) is 41.5 Å². The van der Waals surface area contributed by atoms with E-state index in [1.807, 2.05) is 11.8 Å². The molecular weight excluding hydrogens is 1110 g/mol. The molecule has 434 valence electrons. The molecule has 0 saturated heterocycles. The lowest BCUT2D eigenvalue weighted by atomic mass is 9.31. The Hall–Kier alpha value is -9.88. The average Bonchev–Trinajstić information content (AvgIpc) is 0.692. The average molecular weight is 1180 g/mol. The van der Waals surface area contributed by atoms with Crippen LogP contribution in [0.4, 0.5) is 68.2 Å². The number of fused-ring (bicyclic) bond motifs is 8. The second-order valence-corrected chi connectivity index (χ2v) is 27.0. The first kappa shape index (κ1) is 55.4. The summed E-state index contributed by atoms with van der Waals surface area (Å²) < 4.78 is 7.22. The standard InChI is InChI=1S/C82H68B2N4OS/c1-51-25-22-26-52(2)79(51)85(59-31-12-10-13-32-59)61-45-71-77-72(46-61)88(81-55(5)29-24-30-56(81)6)69-39-20-17-36-64(69)83(77)66-49-67-75(50-70(66)87(71)68-38-19-16-35-63(68)57-41-43-58(44-42-57)82(7,8)9)90-76-48-62(47-74-78(76)84(67)65-37-18-21-40-73(65)89-74)86(60-33-14-11-15-34-60)80-53(3)27-23-28-54(80)4/h10-50H,1-9H3. The first-order chi connectivity index (χ1) is 43.8. The lowest BCUT2D eigenvalue weighted by Crippen LogP contribution is -2.64. The largest absolute Gasteiger partial charge is 0.458 e. The normalized spacial score (nSPS) is 13.1. The number of para-hydroxylation sites is 8. The topological polar surface area (TPSA) is 22.2 Å². The summed E-state index contributed by atoms with van der Waals surface area (Å²) in [5.74, 6) is 1.78. The maximum atomic E-state index is 7.22. The first-order valence-electron chi connectivity index (χ1n) is 31.6. The maximum Gasteiger partial charge on any atom is 0.253 e. The molecule has 0 bridgehead atoms. The number of hydrogen-bond acceptors (Lipinski definition) is 6. The Morgan fingerprint density at radius 1 is 0.356 bits per heavy atom. The molecule has 16 rings (SSSR count). The Balaban J connectivity index is 1.01. The van der Waals surface area contributed by atoms with Gasteiger partial charge >= 0.3 is 0 Å². The number of aryl methyl sites for hydroxylation is 6. The van der Waals surface area contributed by atoms with Crippen LogP contribution < -0.4 is 57.1 Å². The highest BCUT2D eigenvalue weighted by Gasteiger charge is 2.48. The van der Waals surface area contributed by atoms with Crippen molar-refractivity contribution in [3.8, 4) is 22.6 Å². The van der Waals surface area contributed by atoms with Crippen molar-refractivity contribution in [2.24, 2.45) is 0 Å². The van der Waals surface area contributed by atoms with Crippen molar-refractivity contribution in [1.82, 2.24) is 0 Å². The molecule has 0 aliphatic carbocycles. The number of anilines is 12. The van der Waals surface area contributed by atoms with Crippen LogP contribution in [0.5, 0.6) is 11.5 Å². The monoisotopic (exact) mass is 1180 g/mol. The van der Waals surface area contributed by atoms with Crippen molar-refractivity contribution in [3.63, 3.8) is 0 Å². The van der Waals surface area contributed by atoms with E-state index in [9.17, 15) is 0 Å². The van der Waals surface area contributed by atoms with E-state index >= 15 is 0 Å². The van der Waals surface area contributed by atoms with Gasteiger partial charge in [-0.1, -0.05) is 214 Å². The van der Waals surface area contributed by atoms with Gasteiger partial charge in [-0.3, -0.25) is 0 Å². The Kier molecular flexibility index (Phi) is 13.2. The van der Waals surface area contributed by atoms with Gasteiger partial charge in [0.2, 0.25) is 0 Å². The third-order valence-corrected chi connectivity index (χ3v) is 20.3. The highest BCUT2D eigenvalue weighted by molar-refractivity contribution is 8.00. The van der Waals surface area contributed by atoms with Crippen LogP contribution >= 0.6 is 11.8 Å². The van der Waals surface area contributed by atoms with Gasteiger partial charge in [0, 0.05) is 55.5 Å². The van der Waals surface area contributed by atoms with Crippen LogP contribution in [-0.2, 0) is 5.41 Å². The lowest BCUT2D eigenvalue weighted by molar-refractivity contribution is 0.486. The van der Waals surface area contributed by atoms with Gasteiger partial charge in [0.15, 0.2) is 0 Å². The molecule has 0 unspecified atom stereocenters. The minimum atomic E-state index is -0.152. The number of nitrogens with zero attached hydrogens (tertiary/aromatic N) is 4. The smallest absolute Gasteiger partial charge is 0.253 e. The van der Waals surface area contributed by atoms with E-state index in [0.717, 1.165) is 62.6 Å². The minimum Gasteiger partial charge on any atom is -0.458 e. The molecule has 90 heavy (non-hydrogen) atoms. The summed E-state index contributed by atoms with van der Waals surface area (Å²) in [4.78, 5) is 12.6. The van der Waals surface area contributed by atoms with Gasteiger partial charge in [0.1, 0.15) is 11.5 Å². The van der Waals surface area contributed by atoms with Gasteiger partial charge in [-0.25, -0.2) is 0 Å². The third kappa shape index (κ3) is 8.85. The molecule has 12 aromatic carbocycles. The molecule has 0 amide bonds. The number of ether oxygens (including phenoxy) is 1. The predicted molar refractivity (Wildman–Crippen MR) is 384 cm³/mol. The van der Waals surface area contributed by atoms with E-state index < -0.39 is 0 Å². The molecule has 0 aromatic heterocycles. The van der Waals surface area contributed by atoms with Crippen LogP contribution in [0.15, 0.2) is 259 Å². The first-order valence-corrected chi connectivity index (χ1v) is 32.4. The fourth-order valence-electron chi connectivity index (χ4n) is 15.1. The molecule has 4 heterocycles. The maximum absolute atomic E-state index is 7.22. The van der Waals surface area contributed by atoms with Crippen molar-refractivity contribution in [2.75, 3.05) is 19.6 Å². The van der Waals surface area contributed by atoms with E-state index in [1.54, 1.807) is 0 Å². The van der Waals surface area contributed by atoms with E-state index in [2.05, 4.69) is 331 Å². The minimum absolute atomic E-state index is 0.00275. The van der Waals surface area contributed by atoms with Crippen molar-refractivity contribution < 1.29 is 4.74 Å².